The van der Waals surface area contributed by atoms with E-state index in [0.29, 0.717) is 0 Å². The number of rotatable bonds is 6. The van der Waals surface area contributed by atoms with Gasteiger partial charge >= 0.3 is 0 Å². The second-order valence-corrected chi connectivity index (χ2v) is 5.66. The summed E-state index contributed by atoms with van der Waals surface area (Å²) in [6.45, 7) is 3.30. The van der Waals surface area contributed by atoms with Crippen molar-refractivity contribution in [2.75, 3.05) is 12.3 Å². The van der Waals surface area contributed by atoms with Crippen molar-refractivity contribution in [2.45, 2.75) is 43.7 Å². The number of aromatic nitrogens is 2. The van der Waals surface area contributed by atoms with Gasteiger partial charge in [0.2, 0.25) is 0 Å². The van der Waals surface area contributed by atoms with Crippen molar-refractivity contribution in [1.29, 1.82) is 0 Å². The quantitative estimate of drug-likeness (QED) is 0.623. The number of thioether (sulfide) groups is 1. The molecule has 2 rings (SSSR count). The lowest BCUT2D eigenvalue weighted by Crippen LogP contribution is -2.32. The molecule has 1 heterocycles. The van der Waals surface area contributed by atoms with E-state index in [2.05, 4.69) is 22.2 Å². The molecule has 0 saturated heterocycles. The molecule has 1 saturated carbocycles. The van der Waals surface area contributed by atoms with E-state index >= 15 is 0 Å². The summed E-state index contributed by atoms with van der Waals surface area (Å²) in [5.41, 5.74) is 0. The maximum atomic E-state index is 4.23. The van der Waals surface area contributed by atoms with Gasteiger partial charge in [-0.15, -0.1) is 11.8 Å². The van der Waals surface area contributed by atoms with E-state index < -0.39 is 0 Å². The molecule has 94 valence electrons. The van der Waals surface area contributed by atoms with Gasteiger partial charge in [-0.3, -0.25) is 0 Å². The van der Waals surface area contributed by atoms with E-state index in [1.54, 1.807) is 6.33 Å². The summed E-state index contributed by atoms with van der Waals surface area (Å²) >= 11 is 1.85. The average Bonchev–Trinajstić information content (AvgIpc) is 2.79. The summed E-state index contributed by atoms with van der Waals surface area (Å²) < 4.78 is 0. The third-order valence-electron chi connectivity index (χ3n) is 3.42. The summed E-state index contributed by atoms with van der Waals surface area (Å²) in [5, 5.41) is 4.70. The Labute approximate surface area is 108 Å². The zero-order chi connectivity index (χ0) is 11.9. The molecule has 4 heteroatoms. The molecule has 1 aromatic rings. The molecular weight excluding hydrogens is 230 g/mol. The lowest BCUT2D eigenvalue weighted by Gasteiger charge is -2.19. The summed E-state index contributed by atoms with van der Waals surface area (Å²) in [4.78, 5) is 8.17. The lowest BCUT2D eigenvalue weighted by atomic mass is 10.0. The molecule has 0 spiro atoms. The fraction of sp³-hybridized carbons (Fsp3) is 0.692. The van der Waals surface area contributed by atoms with Crippen molar-refractivity contribution in [2.24, 2.45) is 5.92 Å². The highest BCUT2D eigenvalue weighted by molar-refractivity contribution is 7.99. The molecule has 1 fully saturated rings. The van der Waals surface area contributed by atoms with Crippen LogP contribution in [0.1, 0.15) is 32.6 Å². The first-order valence-corrected chi connectivity index (χ1v) is 7.51. The third kappa shape index (κ3) is 3.96. The first-order valence-electron chi connectivity index (χ1n) is 6.52. The Morgan fingerprint density at radius 3 is 3.18 bits per heavy atom. The fourth-order valence-corrected chi connectivity index (χ4v) is 3.50. The van der Waals surface area contributed by atoms with Gasteiger partial charge < -0.3 is 5.32 Å². The van der Waals surface area contributed by atoms with Gasteiger partial charge in [0.25, 0.3) is 0 Å². The molecule has 1 aliphatic rings. The van der Waals surface area contributed by atoms with Crippen molar-refractivity contribution >= 4 is 11.8 Å². The molecule has 0 bridgehead atoms. The zero-order valence-corrected chi connectivity index (χ0v) is 11.2. The van der Waals surface area contributed by atoms with Crippen LogP contribution in [0.5, 0.6) is 0 Å². The molecular formula is C13H21N3S. The zero-order valence-electron chi connectivity index (χ0n) is 10.4. The van der Waals surface area contributed by atoms with E-state index in [1.165, 1.54) is 31.4 Å². The van der Waals surface area contributed by atoms with Crippen LogP contribution >= 0.6 is 11.8 Å². The minimum Gasteiger partial charge on any atom is -0.314 e. The average molecular weight is 251 g/mol. The summed E-state index contributed by atoms with van der Waals surface area (Å²) in [7, 11) is 0. The molecule has 1 aromatic heterocycles. The van der Waals surface area contributed by atoms with Crippen molar-refractivity contribution in [3.8, 4) is 0 Å². The topological polar surface area (TPSA) is 37.8 Å². The molecule has 0 aromatic carbocycles. The molecule has 3 nitrogen and oxygen atoms in total. The first kappa shape index (κ1) is 12.8. The Bertz CT molecular complexity index is 318. The molecule has 2 atom stereocenters. The summed E-state index contributed by atoms with van der Waals surface area (Å²) in [6, 6.07) is 2.74. The fourth-order valence-electron chi connectivity index (χ4n) is 2.59. The van der Waals surface area contributed by atoms with Crippen LogP contribution in [0.25, 0.3) is 0 Å². The smallest absolute Gasteiger partial charge is 0.116 e. The van der Waals surface area contributed by atoms with Crippen molar-refractivity contribution in [3.05, 3.63) is 18.6 Å². The number of nitrogens with one attached hydrogen (secondary N) is 1. The highest BCUT2D eigenvalue weighted by Crippen LogP contribution is 2.30. The van der Waals surface area contributed by atoms with Gasteiger partial charge in [0.05, 0.1) is 5.03 Å². The second-order valence-electron chi connectivity index (χ2n) is 4.54. The maximum absolute atomic E-state index is 4.23. The van der Waals surface area contributed by atoms with E-state index in [9.17, 15) is 0 Å². The number of hydrogen-bond acceptors (Lipinski definition) is 4. The molecule has 0 radical (unpaired) electrons. The third-order valence-corrected chi connectivity index (χ3v) is 4.40. The van der Waals surface area contributed by atoms with Gasteiger partial charge in [-0.1, -0.05) is 13.3 Å². The lowest BCUT2D eigenvalue weighted by molar-refractivity contribution is 0.400. The minimum atomic E-state index is 0.756. The van der Waals surface area contributed by atoms with Crippen LogP contribution in [-0.2, 0) is 0 Å². The van der Waals surface area contributed by atoms with Crippen molar-refractivity contribution < 1.29 is 0 Å². The molecule has 2 unspecified atom stereocenters. The minimum absolute atomic E-state index is 0.756. The standard InChI is InChI=1S/C13H21N3S/c1-2-15-12-5-3-4-11(12)7-9-17-13-6-8-14-10-16-13/h6,8,10-12,15H,2-5,7,9H2,1H3. The van der Waals surface area contributed by atoms with E-state index in [0.717, 1.165) is 23.5 Å². The predicted octanol–water partition coefficient (Wildman–Crippen LogP) is 2.74. The summed E-state index contributed by atoms with van der Waals surface area (Å²) in [5.74, 6) is 2.04. The SMILES string of the molecule is CCNC1CCCC1CCSc1ccncn1. The van der Waals surface area contributed by atoms with Crippen LogP contribution < -0.4 is 5.32 Å². The Balaban J connectivity index is 1.71. The van der Waals surface area contributed by atoms with Gasteiger partial charge in [-0.05, 0) is 43.5 Å². The van der Waals surface area contributed by atoms with Crippen molar-refractivity contribution in [3.63, 3.8) is 0 Å². The molecule has 1 N–H and O–H groups in total. The summed E-state index contributed by atoms with van der Waals surface area (Å²) in [6.07, 6.45) is 8.87. The molecule has 17 heavy (non-hydrogen) atoms. The molecule has 0 aliphatic heterocycles. The van der Waals surface area contributed by atoms with E-state index in [-0.39, 0.29) is 0 Å². The first-order chi connectivity index (χ1) is 8.40. The van der Waals surface area contributed by atoms with Crippen molar-refractivity contribution in [1.82, 2.24) is 15.3 Å². The monoisotopic (exact) mass is 251 g/mol. The Hall–Kier alpha value is -0.610. The van der Waals surface area contributed by atoms with Crippen LogP contribution in [0.3, 0.4) is 0 Å². The second kappa shape index (κ2) is 6.97. The largest absolute Gasteiger partial charge is 0.314 e. The van der Waals surface area contributed by atoms with Crippen LogP contribution in [0, 0.1) is 5.92 Å². The normalized spacial score (nSPS) is 24.1. The Morgan fingerprint density at radius 2 is 2.41 bits per heavy atom. The van der Waals surface area contributed by atoms with Gasteiger partial charge in [-0.25, -0.2) is 9.97 Å². The molecule has 0 amide bonds. The Morgan fingerprint density at radius 1 is 1.47 bits per heavy atom. The van der Waals surface area contributed by atoms with Crippen LogP contribution in [0.4, 0.5) is 0 Å². The number of hydrogen-bond donors (Lipinski definition) is 1. The van der Waals surface area contributed by atoms with E-state index in [4.69, 9.17) is 0 Å². The maximum Gasteiger partial charge on any atom is 0.116 e. The van der Waals surface area contributed by atoms with Gasteiger partial charge in [0, 0.05) is 12.2 Å². The van der Waals surface area contributed by atoms with Gasteiger partial charge in [-0.2, -0.15) is 0 Å². The highest BCUT2D eigenvalue weighted by atomic mass is 32.2. The Kier molecular flexibility index (Phi) is 5.26. The van der Waals surface area contributed by atoms with Crippen LogP contribution in [0.2, 0.25) is 0 Å². The highest BCUT2D eigenvalue weighted by Gasteiger charge is 2.25. The van der Waals surface area contributed by atoms with Gasteiger partial charge in [0.15, 0.2) is 0 Å². The van der Waals surface area contributed by atoms with Gasteiger partial charge in [0.1, 0.15) is 6.33 Å². The van der Waals surface area contributed by atoms with Crippen LogP contribution in [0.15, 0.2) is 23.6 Å². The number of nitrogens with zero attached hydrogens (tertiary/aromatic N) is 2. The van der Waals surface area contributed by atoms with Crippen LogP contribution in [-0.4, -0.2) is 28.3 Å². The predicted molar refractivity (Wildman–Crippen MR) is 72.2 cm³/mol. The molecule has 1 aliphatic carbocycles. The van der Waals surface area contributed by atoms with E-state index in [1.807, 2.05) is 24.0 Å².